The molecule has 16 heavy (non-hydrogen) atoms. The van der Waals surface area contributed by atoms with Crippen LogP contribution in [0.15, 0.2) is 0 Å². The quantitative estimate of drug-likeness (QED) is 0.700. The van der Waals surface area contributed by atoms with Gasteiger partial charge in [-0.15, -0.1) is 0 Å². The summed E-state index contributed by atoms with van der Waals surface area (Å²) < 4.78 is 0. The van der Waals surface area contributed by atoms with Crippen LogP contribution in [0.25, 0.3) is 0 Å². The Hall–Kier alpha value is -0.220. The molecule has 0 aromatic carbocycles. The van der Waals surface area contributed by atoms with Crippen molar-refractivity contribution in [2.24, 2.45) is 11.7 Å². The third kappa shape index (κ3) is 4.74. The molecule has 1 fully saturated rings. The van der Waals surface area contributed by atoms with E-state index in [0.717, 1.165) is 18.6 Å². The summed E-state index contributed by atoms with van der Waals surface area (Å²) in [4.78, 5) is 11.7. The van der Waals surface area contributed by atoms with Gasteiger partial charge in [-0.2, -0.15) is 11.8 Å². The molecule has 94 valence electrons. The Kier molecular flexibility index (Phi) is 6.88. The van der Waals surface area contributed by atoms with Crippen LogP contribution in [0.4, 0.5) is 0 Å². The van der Waals surface area contributed by atoms with Crippen LogP contribution in [0.1, 0.15) is 38.5 Å². The number of thioether (sulfide) groups is 1. The topological polar surface area (TPSA) is 55.1 Å². The zero-order valence-electron chi connectivity index (χ0n) is 10.2. The summed E-state index contributed by atoms with van der Waals surface area (Å²) in [5.74, 6) is 1.77. The predicted molar refractivity (Wildman–Crippen MR) is 70.6 cm³/mol. The molecule has 0 spiro atoms. The number of amides is 1. The molecule has 1 aliphatic rings. The summed E-state index contributed by atoms with van der Waals surface area (Å²) in [7, 11) is 0. The number of nitrogens with one attached hydrogen (secondary N) is 1. The fraction of sp³-hybridized carbons (Fsp3) is 0.917. The Balaban J connectivity index is 2.25. The molecular formula is C12H24N2OS. The monoisotopic (exact) mass is 244 g/mol. The second kappa shape index (κ2) is 7.96. The van der Waals surface area contributed by atoms with Crippen LogP contribution in [0.5, 0.6) is 0 Å². The number of hydrogen-bond donors (Lipinski definition) is 2. The summed E-state index contributed by atoms with van der Waals surface area (Å²) in [5.41, 5.74) is 5.74. The van der Waals surface area contributed by atoms with E-state index in [4.69, 9.17) is 5.73 Å². The van der Waals surface area contributed by atoms with Crippen LogP contribution in [0.3, 0.4) is 0 Å². The molecule has 2 atom stereocenters. The fourth-order valence-electron chi connectivity index (χ4n) is 2.34. The van der Waals surface area contributed by atoms with E-state index in [-0.39, 0.29) is 5.91 Å². The Morgan fingerprint density at radius 3 is 2.88 bits per heavy atom. The first kappa shape index (κ1) is 13.8. The molecule has 0 bridgehead atoms. The van der Waals surface area contributed by atoms with Crippen molar-refractivity contribution < 1.29 is 4.79 Å². The Labute approximate surface area is 103 Å². The Bertz CT molecular complexity index is 211. The van der Waals surface area contributed by atoms with Crippen molar-refractivity contribution in [1.82, 2.24) is 5.32 Å². The van der Waals surface area contributed by atoms with Crippen LogP contribution in [-0.4, -0.2) is 30.5 Å². The lowest BCUT2D eigenvalue weighted by Crippen LogP contribution is -2.44. The molecule has 3 N–H and O–H groups in total. The van der Waals surface area contributed by atoms with E-state index in [1.165, 1.54) is 19.3 Å². The number of hydrogen-bond acceptors (Lipinski definition) is 3. The van der Waals surface area contributed by atoms with Gasteiger partial charge in [-0.05, 0) is 43.7 Å². The Morgan fingerprint density at radius 2 is 2.19 bits per heavy atom. The smallest absolute Gasteiger partial charge is 0.220 e. The van der Waals surface area contributed by atoms with Crippen molar-refractivity contribution in [3.05, 3.63) is 0 Å². The highest BCUT2D eigenvalue weighted by Gasteiger charge is 2.24. The highest BCUT2D eigenvalue weighted by Crippen LogP contribution is 2.23. The van der Waals surface area contributed by atoms with E-state index >= 15 is 0 Å². The van der Waals surface area contributed by atoms with Gasteiger partial charge in [0.25, 0.3) is 0 Å². The molecule has 1 amide bonds. The largest absolute Gasteiger partial charge is 0.353 e. The second-order valence-corrected chi connectivity index (χ2v) is 5.54. The molecule has 1 rings (SSSR count). The van der Waals surface area contributed by atoms with Gasteiger partial charge in [0.15, 0.2) is 0 Å². The lowest BCUT2D eigenvalue weighted by Gasteiger charge is -2.31. The lowest BCUT2D eigenvalue weighted by atomic mass is 9.84. The first-order chi connectivity index (χ1) is 7.77. The minimum atomic E-state index is 0.208. The summed E-state index contributed by atoms with van der Waals surface area (Å²) in [6.45, 7) is 0.704. The standard InChI is InChI=1S/C12H24N2OS/c1-16-8-4-7-12(15)14-11-6-3-2-5-10(11)9-13/h10-11H,2-9,13H2,1H3,(H,14,15). The second-order valence-electron chi connectivity index (χ2n) is 4.55. The van der Waals surface area contributed by atoms with Gasteiger partial charge >= 0.3 is 0 Å². The maximum Gasteiger partial charge on any atom is 0.220 e. The van der Waals surface area contributed by atoms with Crippen molar-refractivity contribution in [3.63, 3.8) is 0 Å². The predicted octanol–water partition coefficient (Wildman–Crippen LogP) is 1.76. The summed E-state index contributed by atoms with van der Waals surface area (Å²) in [6.07, 6.45) is 8.49. The van der Waals surface area contributed by atoms with Gasteiger partial charge in [-0.3, -0.25) is 4.79 Å². The van der Waals surface area contributed by atoms with Gasteiger partial charge in [0, 0.05) is 12.5 Å². The van der Waals surface area contributed by atoms with Gasteiger partial charge in [0.05, 0.1) is 0 Å². The zero-order valence-corrected chi connectivity index (χ0v) is 11.0. The first-order valence-corrected chi connectivity index (χ1v) is 7.65. The average Bonchev–Trinajstić information content (AvgIpc) is 2.30. The molecule has 3 nitrogen and oxygen atoms in total. The van der Waals surface area contributed by atoms with Crippen LogP contribution in [0.2, 0.25) is 0 Å². The van der Waals surface area contributed by atoms with Crippen molar-refractivity contribution in [2.75, 3.05) is 18.6 Å². The molecule has 1 aliphatic carbocycles. The summed E-state index contributed by atoms with van der Waals surface area (Å²) in [6, 6.07) is 0.334. The van der Waals surface area contributed by atoms with Crippen LogP contribution < -0.4 is 11.1 Å². The molecule has 0 aromatic heterocycles. The third-order valence-electron chi connectivity index (χ3n) is 3.31. The van der Waals surface area contributed by atoms with E-state index in [1.54, 1.807) is 11.8 Å². The van der Waals surface area contributed by atoms with Crippen molar-refractivity contribution >= 4 is 17.7 Å². The van der Waals surface area contributed by atoms with E-state index in [9.17, 15) is 4.79 Å². The maximum atomic E-state index is 11.7. The van der Waals surface area contributed by atoms with Gasteiger partial charge in [-0.25, -0.2) is 0 Å². The molecule has 0 aliphatic heterocycles. The SMILES string of the molecule is CSCCCC(=O)NC1CCCCC1CN. The van der Waals surface area contributed by atoms with Crippen LogP contribution in [0, 0.1) is 5.92 Å². The molecule has 4 heteroatoms. The number of rotatable bonds is 6. The van der Waals surface area contributed by atoms with Crippen molar-refractivity contribution in [3.8, 4) is 0 Å². The zero-order chi connectivity index (χ0) is 11.8. The van der Waals surface area contributed by atoms with Gasteiger partial charge < -0.3 is 11.1 Å². The first-order valence-electron chi connectivity index (χ1n) is 6.26. The highest BCUT2D eigenvalue weighted by atomic mass is 32.2. The van der Waals surface area contributed by atoms with Crippen LogP contribution >= 0.6 is 11.8 Å². The molecule has 2 unspecified atom stereocenters. The minimum absolute atomic E-state index is 0.208. The van der Waals surface area contributed by atoms with Gasteiger partial charge in [0.2, 0.25) is 5.91 Å². The van der Waals surface area contributed by atoms with Crippen LogP contribution in [-0.2, 0) is 4.79 Å². The molecule has 0 aromatic rings. The number of nitrogens with two attached hydrogens (primary N) is 1. The molecular weight excluding hydrogens is 220 g/mol. The average molecular weight is 244 g/mol. The van der Waals surface area contributed by atoms with Gasteiger partial charge in [0.1, 0.15) is 0 Å². The van der Waals surface area contributed by atoms with E-state index in [0.29, 0.717) is 24.9 Å². The number of carbonyl (C=O) groups is 1. The van der Waals surface area contributed by atoms with Gasteiger partial charge in [-0.1, -0.05) is 12.8 Å². The third-order valence-corrected chi connectivity index (χ3v) is 4.01. The van der Waals surface area contributed by atoms with E-state index in [2.05, 4.69) is 11.6 Å². The molecule has 0 heterocycles. The molecule has 0 saturated heterocycles. The van der Waals surface area contributed by atoms with Crippen molar-refractivity contribution in [1.29, 1.82) is 0 Å². The Morgan fingerprint density at radius 1 is 1.44 bits per heavy atom. The number of carbonyl (C=O) groups excluding carboxylic acids is 1. The minimum Gasteiger partial charge on any atom is -0.353 e. The fourth-order valence-corrected chi connectivity index (χ4v) is 2.77. The van der Waals surface area contributed by atoms with Crippen molar-refractivity contribution in [2.45, 2.75) is 44.6 Å². The highest BCUT2D eigenvalue weighted by molar-refractivity contribution is 7.98. The molecule has 1 saturated carbocycles. The van der Waals surface area contributed by atoms with E-state index in [1.807, 2.05) is 0 Å². The lowest BCUT2D eigenvalue weighted by molar-refractivity contribution is -0.122. The molecule has 0 radical (unpaired) electrons. The summed E-state index contributed by atoms with van der Waals surface area (Å²) >= 11 is 1.79. The summed E-state index contributed by atoms with van der Waals surface area (Å²) in [5, 5.41) is 3.15. The maximum absolute atomic E-state index is 11.7. The normalized spacial score (nSPS) is 25.4. The van der Waals surface area contributed by atoms with E-state index < -0.39 is 0 Å².